The Hall–Kier alpha value is -2.70. The number of aromatic carboxylic acids is 1. The zero-order valence-corrected chi connectivity index (χ0v) is 13.6. The van der Waals surface area contributed by atoms with E-state index in [0.29, 0.717) is 11.4 Å². The molecule has 0 fully saturated rings. The van der Waals surface area contributed by atoms with Crippen molar-refractivity contribution in [2.45, 2.75) is 40.2 Å². The number of carbonyl (C=O) groups excluding carboxylic acids is 1. The second kappa shape index (κ2) is 6.60. The van der Waals surface area contributed by atoms with Crippen molar-refractivity contribution in [1.29, 1.82) is 0 Å². The van der Waals surface area contributed by atoms with E-state index in [4.69, 9.17) is 5.11 Å². The first kappa shape index (κ1) is 16.7. The van der Waals surface area contributed by atoms with Crippen LogP contribution in [0.2, 0.25) is 0 Å². The van der Waals surface area contributed by atoms with Crippen LogP contribution in [0.1, 0.15) is 47.1 Å². The first-order valence-corrected chi connectivity index (χ1v) is 7.32. The topological polar surface area (TPSA) is 97.1 Å². The molecule has 2 N–H and O–H groups in total. The van der Waals surface area contributed by atoms with E-state index >= 15 is 0 Å². The third-order valence-corrected chi connectivity index (χ3v) is 3.32. The highest BCUT2D eigenvalue weighted by Crippen LogP contribution is 2.18. The molecule has 2 rings (SSSR count). The van der Waals surface area contributed by atoms with Crippen LogP contribution in [0.3, 0.4) is 0 Å². The van der Waals surface area contributed by atoms with Crippen LogP contribution in [0.5, 0.6) is 0 Å². The maximum Gasteiger partial charge on any atom is 0.358 e. The van der Waals surface area contributed by atoms with Crippen LogP contribution in [0.4, 0.5) is 5.69 Å². The first-order chi connectivity index (χ1) is 10.8. The third-order valence-electron chi connectivity index (χ3n) is 3.32. The molecule has 0 radical (unpaired) electrons. The molecule has 2 aromatic rings. The zero-order chi connectivity index (χ0) is 17.1. The zero-order valence-electron chi connectivity index (χ0n) is 13.6. The fourth-order valence-electron chi connectivity index (χ4n) is 2.54. The van der Waals surface area contributed by atoms with Crippen LogP contribution < -0.4 is 5.32 Å². The average molecular weight is 316 g/mol. The van der Waals surface area contributed by atoms with Crippen LogP contribution in [0.15, 0.2) is 18.2 Å². The number of rotatable bonds is 5. The maximum absolute atomic E-state index is 12.2. The number of hydrogen-bond acceptors (Lipinski definition) is 4. The van der Waals surface area contributed by atoms with Crippen LogP contribution in [-0.2, 0) is 11.3 Å². The molecule has 7 heteroatoms. The lowest BCUT2D eigenvalue weighted by atomic mass is 10.1. The summed E-state index contributed by atoms with van der Waals surface area (Å²) in [5.74, 6) is -1.53. The molecule has 23 heavy (non-hydrogen) atoms. The van der Waals surface area contributed by atoms with Gasteiger partial charge in [-0.05, 0) is 43.0 Å². The molecule has 0 spiro atoms. The molecular weight excluding hydrogens is 296 g/mol. The van der Waals surface area contributed by atoms with Crippen molar-refractivity contribution < 1.29 is 14.7 Å². The van der Waals surface area contributed by atoms with Gasteiger partial charge in [0.05, 0.1) is 5.69 Å². The number of nitrogens with zero attached hydrogens (tertiary/aromatic N) is 3. The number of nitrogens with one attached hydrogen (secondary N) is 1. The van der Waals surface area contributed by atoms with E-state index in [0.717, 1.165) is 11.1 Å². The molecule has 1 heterocycles. The Labute approximate surface area is 134 Å². The van der Waals surface area contributed by atoms with Gasteiger partial charge in [0.25, 0.3) is 0 Å². The Bertz CT molecular complexity index is 730. The highest BCUT2D eigenvalue weighted by atomic mass is 16.4. The summed E-state index contributed by atoms with van der Waals surface area (Å²) in [5, 5.41) is 19.4. The van der Waals surface area contributed by atoms with E-state index in [1.807, 2.05) is 45.9 Å². The van der Waals surface area contributed by atoms with Gasteiger partial charge in [0.15, 0.2) is 5.69 Å². The van der Waals surface area contributed by atoms with Gasteiger partial charge < -0.3 is 10.4 Å². The van der Waals surface area contributed by atoms with Crippen molar-refractivity contribution in [3.05, 3.63) is 40.7 Å². The second-order valence-corrected chi connectivity index (χ2v) is 5.87. The normalized spacial score (nSPS) is 10.8. The molecule has 0 atom stereocenters. The van der Waals surface area contributed by atoms with Crippen molar-refractivity contribution in [3.63, 3.8) is 0 Å². The molecule has 0 aliphatic heterocycles. The Kier molecular flexibility index (Phi) is 4.78. The SMILES string of the molecule is Cc1cc(C)cc(NC(=O)Cn2nnc(C(=O)O)c2C(C)C)c1. The van der Waals surface area contributed by atoms with E-state index in [1.165, 1.54) is 4.68 Å². The van der Waals surface area contributed by atoms with Crippen molar-refractivity contribution in [2.75, 3.05) is 5.32 Å². The average Bonchev–Trinajstić information content (AvgIpc) is 2.80. The monoisotopic (exact) mass is 316 g/mol. The van der Waals surface area contributed by atoms with Gasteiger partial charge in [-0.2, -0.15) is 0 Å². The summed E-state index contributed by atoms with van der Waals surface area (Å²) in [5.41, 5.74) is 3.14. The Balaban J connectivity index is 2.19. The summed E-state index contributed by atoms with van der Waals surface area (Å²) in [4.78, 5) is 23.4. The Morgan fingerprint density at radius 3 is 2.35 bits per heavy atom. The van der Waals surface area contributed by atoms with Crippen molar-refractivity contribution in [1.82, 2.24) is 15.0 Å². The van der Waals surface area contributed by atoms with Crippen molar-refractivity contribution in [2.24, 2.45) is 0 Å². The molecule has 0 aliphatic rings. The predicted molar refractivity (Wildman–Crippen MR) is 85.6 cm³/mol. The third kappa shape index (κ3) is 3.94. The number of aromatic nitrogens is 3. The molecule has 0 unspecified atom stereocenters. The summed E-state index contributed by atoms with van der Waals surface area (Å²) in [7, 11) is 0. The Morgan fingerprint density at radius 2 is 1.83 bits per heavy atom. The minimum Gasteiger partial charge on any atom is -0.476 e. The molecule has 0 bridgehead atoms. The van der Waals surface area contributed by atoms with Crippen LogP contribution in [-0.4, -0.2) is 32.0 Å². The fraction of sp³-hybridized carbons (Fsp3) is 0.375. The minimum atomic E-state index is -1.14. The number of aryl methyl sites for hydroxylation is 2. The Morgan fingerprint density at radius 1 is 1.22 bits per heavy atom. The number of carboxylic acids is 1. The molecule has 122 valence electrons. The summed E-state index contributed by atoms with van der Waals surface area (Å²) >= 11 is 0. The summed E-state index contributed by atoms with van der Waals surface area (Å²) in [6, 6.07) is 5.76. The van der Waals surface area contributed by atoms with E-state index < -0.39 is 5.97 Å². The highest BCUT2D eigenvalue weighted by Gasteiger charge is 2.22. The van der Waals surface area contributed by atoms with Gasteiger partial charge in [-0.1, -0.05) is 25.1 Å². The smallest absolute Gasteiger partial charge is 0.358 e. The maximum atomic E-state index is 12.2. The minimum absolute atomic E-state index is 0.0826. The lowest BCUT2D eigenvalue weighted by Gasteiger charge is -2.11. The van der Waals surface area contributed by atoms with E-state index in [9.17, 15) is 9.59 Å². The highest BCUT2D eigenvalue weighted by molar-refractivity contribution is 5.91. The van der Waals surface area contributed by atoms with Gasteiger partial charge in [-0.25, -0.2) is 9.48 Å². The second-order valence-electron chi connectivity index (χ2n) is 5.87. The fourth-order valence-corrected chi connectivity index (χ4v) is 2.54. The van der Waals surface area contributed by atoms with Gasteiger partial charge >= 0.3 is 5.97 Å². The largest absolute Gasteiger partial charge is 0.476 e. The van der Waals surface area contributed by atoms with Gasteiger partial charge in [-0.15, -0.1) is 5.10 Å². The van der Waals surface area contributed by atoms with Crippen LogP contribution in [0.25, 0.3) is 0 Å². The van der Waals surface area contributed by atoms with Crippen molar-refractivity contribution >= 4 is 17.6 Å². The molecule has 1 aromatic carbocycles. The van der Waals surface area contributed by atoms with Crippen LogP contribution in [0, 0.1) is 13.8 Å². The lowest BCUT2D eigenvalue weighted by Crippen LogP contribution is -2.22. The van der Waals surface area contributed by atoms with Crippen molar-refractivity contribution in [3.8, 4) is 0 Å². The number of benzene rings is 1. The molecule has 1 amide bonds. The van der Waals surface area contributed by atoms with Gasteiger partial charge in [-0.3, -0.25) is 4.79 Å². The summed E-state index contributed by atoms with van der Waals surface area (Å²) in [6.07, 6.45) is 0. The quantitative estimate of drug-likeness (QED) is 0.882. The number of hydrogen-bond donors (Lipinski definition) is 2. The van der Waals surface area contributed by atoms with Gasteiger partial charge in [0.1, 0.15) is 6.54 Å². The summed E-state index contributed by atoms with van der Waals surface area (Å²) in [6.45, 7) is 7.50. The molecule has 1 aromatic heterocycles. The molecule has 0 saturated carbocycles. The first-order valence-electron chi connectivity index (χ1n) is 7.32. The molecule has 0 saturated heterocycles. The van der Waals surface area contributed by atoms with E-state index in [-0.39, 0.29) is 24.1 Å². The predicted octanol–water partition coefficient (Wildman–Crippen LogP) is 2.36. The standard InChI is InChI=1S/C16H20N4O3/c1-9(2)15-14(16(22)23)18-19-20(15)8-13(21)17-12-6-10(3)5-11(4)7-12/h5-7,9H,8H2,1-4H3,(H,17,21)(H,22,23). The lowest BCUT2D eigenvalue weighted by molar-refractivity contribution is -0.117. The molecule has 0 aliphatic carbocycles. The molecular formula is C16H20N4O3. The number of carboxylic acid groups (broad SMARTS) is 1. The summed E-state index contributed by atoms with van der Waals surface area (Å²) < 4.78 is 1.34. The number of amides is 1. The van der Waals surface area contributed by atoms with Gasteiger partial charge in [0.2, 0.25) is 5.91 Å². The van der Waals surface area contributed by atoms with Gasteiger partial charge in [0, 0.05) is 5.69 Å². The van der Waals surface area contributed by atoms with E-state index in [2.05, 4.69) is 15.6 Å². The number of anilines is 1. The number of carbonyl (C=O) groups is 2. The molecule has 7 nitrogen and oxygen atoms in total. The van der Waals surface area contributed by atoms with Crippen LogP contribution >= 0.6 is 0 Å². The van der Waals surface area contributed by atoms with E-state index in [1.54, 1.807) is 0 Å².